The van der Waals surface area contributed by atoms with Crippen molar-refractivity contribution in [2.45, 2.75) is 57.4 Å². The van der Waals surface area contributed by atoms with Gasteiger partial charge in [0.05, 0.1) is 6.54 Å². The third-order valence-corrected chi connectivity index (χ3v) is 6.33. The van der Waals surface area contributed by atoms with Gasteiger partial charge < -0.3 is 5.73 Å². The summed E-state index contributed by atoms with van der Waals surface area (Å²) in [5, 5.41) is 0. The van der Waals surface area contributed by atoms with E-state index in [1.807, 2.05) is 0 Å². The van der Waals surface area contributed by atoms with E-state index < -0.39 is 0 Å². The minimum atomic E-state index is 0.431. The minimum Gasteiger partial charge on any atom is -0.328 e. The van der Waals surface area contributed by atoms with Gasteiger partial charge in [0.25, 0.3) is 0 Å². The van der Waals surface area contributed by atoms with Gasteiger partial charge in [-0.1, -0.05) is 11.8 Å². The average Bonchev–Trinajstić information content (AvgIpc) is 2.39. The first-order chi connectivity index (χ1) is 9.71. The smallest absolute Gasteiger partial charge is 0.0601 e. The Bertz CT molecular complexity index is 387. The Morgan fingerprint density at radius 1 is 0.950 bits per heavy atom. The SMILES string of the molecule is NC1CCN(CC#CC23CC4CC(CC(C4)C2)C3)CC1. The topological polar surface area (TPSA) is 29.3 Å². The molecule has 0 amide bonds. The van der Waals surface area contributed by atoms with Crippen LogP contribution in [0.4, 0.5) is 0 Å². The van der Waals surface area contributed by atoms with Crippen LogP contribution in [-0.2, 0) is 0 Å². The van der Waals surface area contributed by atoms with Crippen LogP contribution in [0, 0.1) is 35.0 Å². The van der Waals surface area contributed by atoms with Gasteiger partial charge in [-0.25, -0.2) is 0 Å². The van der Waals surface area contributed by atoms with Crippen molar-refractivity contribution in [3.8, 4) is 11.8 Å². The van der Waals surface area contributed by atoms with Crippen LogP contribution in [0.15, 0.2) is 0 Å². The first-order valence-corrected chi connectivity index (χ1v) is 8.69. The molecule has 0 radical (unpaired) electrons. The van der Waals surface area contributed by atoms with Gasteiger partial charge in [-0.2, -0.15) is 0 Å². The highest BCUT2D eigenvalue weighted by atomic mass is 15.1. The van der Waals surface area contributed by atoms with Gasteiger partial charge in [-0.15, -0.1) is 0 Å². The summed E-state index contributed by atoms with van der Waals surface area (Å²) in [5.41, 5.74) is 6.40. The van der Waals surface area contributed by atoms with Crippen LogP contribution in [0.3, 0.4) is 0 Å². The fraction of sp³-hybridized carbons (Fsp3) is 0.889. The Kier molecular flexibility index (Phi) is 3.32. The van der Waals surface area contributed by atoms with Gasteiger partial charge in [-0.05, 0) is 69.1 Å². The highest BCUT2D eigenvalue weighted by molar-refractivity contribution is 5.19. The highest BCUT2D eigenvalue weighted by Gasteiger charge is 2.50. The van der Waals surface area contributed by atoms with Gasteiger partial charge in [0, 0.05) is 24.5 Å². The molecule has 2 heteroatoms. The van der Waals surface area contributed by atoms with Crippen molar-refractivity contribution in [2.75, 3.05) is 19.6 Å². The zero-order valence-electron chi connectivity index (χ0n) is 12.6. The van der Waals surface area contributed by atoms with Gasteiger partial charge >= 0.3 is 0 Å². The van der Waals surface area contributed by atoms with E-state index >= 15 is 0 Å². The predicted octanol–water partition coefficient (Wildman–Crippen LogP) is 2.63. The maximum atomic E-state index is 5.97. The quantitative estimate of drug-likeness (QED) is 0.744. The Balaban J connectivity index is 1.38. The lowest BCUT2D eigenvalue weighted by atomic mass is 9.50. The molecule has 0 atom stereocenters. The molecule has 0 aromatic rings. The molecule has 0 aromatic carbocycles. The summed E-state index contributed by atoms with van der Waals surface area (Å²) in [6, 6.07) is 0.433. The number of likely N-dealkylation sites (tertiary alicyclic amines) is 1. The summed E-state index contributed by atoms with van der Waals surface area (Å²) < 4.78 is 0. The van der Waals surface area contributed by atoms with E-state index in [9.17, 15) is 0 Å². The summed E-state index contributed by atoms with van der Waals surface area (Å²) in [4.78, 5) is 2.50. The van der Waals surface area contributed by atoms with Crippen LogP contribution in [0.2, 0.25) is 0 Å². The van der Waals surface area contributed by atoms with Crippen LogP contribution in [-0.4, -0.2) is 30.6 Å². The molecular formula is C18H28N2. The lowest BCUT2D eigenvalue weighted by Crippen LogP contribution is -2.45. The molecular weight excluding hydrogens is 244 g/mol. The summed E-state index contributed by atoms with van der Waals surface area (Å²) in [7, 11) is 0. The Labute approximate surface area is 123 Å². The third-order valence-electron chi connectivity index (χ3n) is 6.33. The van der Waals surface area contributed by atoms with E-state index in [1.54, 1.807) is 0 Å². The van der Waals surface area contributed by atoms with Crippen LogP contribution in [0.5, 0.6) is 0 Å². The number of nitrogens with two attached hydrogens (primary N) is 1. The molecule has 110 valence electrons. The van der Waals surface area contributed by atoms with E-state index in [0.29, 0.717) is 11.5 Å². The lowest BCUT2D eigenvalue weighted by Gasteiger charge is -2.54. The van der Waals surface area contributed by atoms with Crippen LogP contribution in [0.25, 0.3) is 0 Å². The largest absolute Gasteiger partial charge is 0.328 e. The number of rotatable bonds is 1. The van der Waals surface area contributed by atoms with Crippen molar-refractivity contribution in [3.63, 3.8) is 0 Å². The second-order valence-electron chi connectivity index (χ2n) is 8.11. The normalized spacial score (nSPS) is 44.4. The van der Waals surface area contributed by atoms with Crippen LogP contribution < -0.4 is 5.73 Å². The summed E-state index contributed by atoms with van der Waals surface area (Å²) >= 11 is 0. The van der Waals surface area contributed by atoms with E-state index in [4.69, 9.17) is 5.73 Å². The molecule has 20 heavy (non-hydrogen) atoms. The predicted molar refractivity (Wildman–Crippen MR) is 82.0 cm³/mol. The first-order valence-electron chi connectivity index (χ1n) is 8.69. The molecule has 0 aromatic heterocycles. The molecule has 0 spiro atoms. The van der Waals surface area contributed by atoms with Crippen molar-refractivity contribution in [1.82, 2.24) is 4.90 Å². The van der Waals surface area contributed by atoms with E-state index in [2.05, 4.69) is 16.7 Å². The number of piperidine rings is 1. The maximum Gasteiger partial charge on any atom is 0.0601 e. The maximum absolute atomic E-state index is 5.97. The van der Waals surface area contributed by atoms with Crippen molar-refractivity contribution >= 4 is 0 Å². The average molecular weight is 272 g/mol. The van der Waals surface area contributed by atoms with E-state index in [1.165, 1.54) is 38.5 Å². The van der Waals surface area contributed by atoms with Gasteiger partial charge in [-0.3, -0.25) is 4.90 Å². The summed E-state index contributed by atoms with van der Waals surface area (Å²) in [6.45, 7) is 3.28. The van der Waals surface area contributed by atoms with Crippen molar-refractivity contribution in [1.29, 1.82) is 0 Å². The molecule has 1 aliphatic heterocycles. The molecule has 4 aliphatic carbocycles. The molecule has 0 unspecified atom stereocenters. The van der Waals surface area contributed by atoms with Crippen molar-refractivity contribution in [3.05, 3.63) is 0 Å². The van der Waals surface area contributed by atoms with E-state index in [0.717, 1.165) is 50.2 Å². The van der Waals surface area contributed by atoms with Gasteiger partial charge in [0.2, 0.25) is 0 Å². The monoisotopic (exact) mass is 272 g/mol. The lowest BCUT2D eigenvalue weighted by molar-refractivity contribution is -0.0182. The van der Waals surface area contributed by atoms with Crippen LogP contribution >= 0.6 is 0 Å². The zero-order valence-corrected chi connectivity index (χ0v) is 12.6. The molecule has 5 fully saturated rings. The molecule has 4 bridgehead atoms. The first kappa shape index (κ1) is 13.2. The Morgan fingerprint density at radius 2 is 1.50 bits per heavy atom. The number of hydrogen-bond donors (Lipinski definition) is 1. The fourth-order valence-corrected chi connectivity index (χ4v) is 5.71. The standard InChI is InChI=1S/C18H28N2/c19-17-2-6-20(7-3-17)5-1-4-18-11-14-8-15(12-18)10-16(9-14)13-18/h14-17H,2-3,5-13,19H2. The molecule has 2 nitrogen and oxygen atoms in total. The molecule has 5 rings (SSSR count). The Morgan fingerprint density at radius 3 is 2.05 bits per heavy atom. The second-order valence-corrected chi connectivity index (χ2v) is 8.11. The minimum absolute atomic E-state index is 0.431. The zero-order chi connectivity index (χ0) is 13.6. The molecule has 4 saturated carbocycles. The summed E-state index contributed by atoms with van der Waals surface area (Å²) in [6.07, 6.45) is 11.1. The van der Waals surface area contributed by atoms with Crippen molar-refractivity contribution in [2.24, 2.45) is 28.9 Å². The van der Waals surface area contributed by atoms with E-state index in [-0.39, 0.29) is 0 Å². The third kappa shape index (κ3) is 2.51. The molecule has 1 saturated heterocycles. The van der Waals surface area contributed by atoms with Gasteiger partial charge in [0.1, 0.15) is 0 Å². The summed E-state index contributed by atoms with van der Waals surface area (Å²) in [5.74, 6) is 10.4. The number of hydrogen-bond acceptors (Lipinski definition) is 2. The second kappa shape index (κ2) is 5.04. The molecule has 1 heterocycles. The fourth-order valence-electron chi connectivity index (χ4n) is 5.71. The van der Waals surface area contributed by atoms with Gasteiger partial charge in [0.15, 0.2) is 0 Å². The Hall–Kier alpha value is -0.520. The highest BCUT2D eigenvalue weighted by Crippen LogP contribution is 2.59. The number of nitrogens with zero attached hydrogens (tertiary/aromatic N) is 1. The molecule has 2 N–H and O–H groups in total. The molecule has 5 aliphatic rings. The van der Waals surface area contributed by atoms with Crippen molar-refractivity contribution < 1.29 is 0 Å². The van der Waals surface area contributed by atoms with Crippen LogP contribution in [0.1, 0.15) is 51.4 Å².